The van der Waals surface area contributed by atoms with Crippen LogP contribution in [0.2, 0.25) is 0 Å². The van der Waals surface area contributed by atoms with Gasteiger partial charge in [-0.2, -0.15) is 5.10 Å². The summed E-state index contributed by atoms with van der Waals surface area (Å²) in [5.41, 5.74) is 1.64. The third kappa shape index (κ3) is 3.18. The van der Waals surface area contributed by atoms with Crippen LogP contribution in [0.25, 0.3) is 0 Å². The molecule has 0 fully saturated rings. The summed E-state index contributed by atoms with van der Waals surface area (Å²) in [6.07, 6.45) is 6.37. The highest BCUT2D eigenvalue weighted by atomic mass is 16.5. The van der Waals surface area contributed by atoms with Gasteiger partial charge >= 0.3 is 0 Å². The van der Waals surface area contributed by atoms with Crippen LogP contribution in [0.15, 0.2) is 49.1 Å². The van der Waals surface area contributed by atoms with Crippen molar-refractivity contribution >= 4 is 11.6 Å². The van der Waals surface area contributed by atoms with Gasteiger partial charge in [0.25, 0.3) is 5.91 Å². The minimum absolute atomic E-state index is 0.273. The van der Waals surface area contributed by atoms with E-state index in [9.17, 15) is 4.79 Å². The Kier molecular flexibility index (Phi) is 4.01. The summed E-state index contributed by atoms with van der Waals surface area (Å²) in [6.45, 7) is 1.80. The van der Waals surface area contributed by atoms with E-state index in [2.05, 4.69) is 20.4 Å². The summed E-state index contributed by atoms with van der Waals surface area (Å²) in [5, 5.41) is 7.12. The average molecular weight is 309 g/mol. The lowest BCUT2D eigenvalue weighted by molar-refractivity contribution is 0.102. The molecule has 1 amide bonds. The molecule has 0 atom stereocenters. The second-order valence-electron chi connectivity index (χ2n) is 4.88. The number of carbonyl (C=O) groups excluding carboxylic acids is 1. The van der Waals surface area contributed by atoms with Crippen molar-refractivity contribution in [3.63, 3.8) is 0 Å². The molecule has 0 aliphatic heterocycles. The van der Waals surface area contributed by atoms with Gasteiger partial charge < -0.3 is 10.1 Å². The lowest BCUT2D eigenvalue weighted by Gasteiger charge is -2.09. The molecule has 0 bridgehead atoms. The Balaban J connectivity index is 1.89. The number of aryl methyl sites for hydroxylation is 2. The van der Waals surface area contributed by atoms with E-state index in [1.54, 1.807) is 61.5 Å². The predicted octanol–water partition coefficient (Wildman–Crippen LogP) is 2.56. The van der Waals surface area contributed by atoms with Crippen molar-refractivity contribution < 1.29 is 9.53 Å². The molecule has 0 spiro atoms. The first-order valence-electron chi connectivity index (χ1n) is 6.98. The minimum atomic E-state index is -0.273. The monoisotopic (exact) mass is 309 g/mol. The molecule has 0 aliphatic rings. The first-order valence-corrected chi connectivity index (χ1v) is 6.98. The fraction of sp³-hybridized carbons (Fsp3) is 0.125. The lowest BCUT2D eigenvalue weighted by atomic mass is 10.2. The molecule has 1 N–H and O–H groups in total. The average Bonchev–Trinajstić information content (AvgIpc) is 2.83. The van der Waals surface area contributed by atoms with Crippen LogP contribution in [-0.2, 0) is 7.05 Å². The molecule has 3 aromatic rings. The van der Waals surface area contributed by atoms with Crippen molar-refractivity contribution in [2.75, 3.05) is 5.32 Å². The Morgan fingerprint density at radius 1 is 1.17 bits per heavy atom. The highest BCUT2D eigenvalue weighted by Gasteiger charge is 2.18. The molecule has 0 saturated heterocycles. The van der Waals surface area contributed by atoms with E-state index in [0.717, 1.165) is 0 Å². The molecule has 0 unspecified atom stereocenters. The van der Waals surface area contributed by atoms with E-state index in [0.29, 0.717) is 28.6 Å². The zero-order valence-corrected chi connectivity index (χ0v) is 12.7. The van der Waals surface area contributed by atoms with Gasteiger partial charge in [0.05, 0.1) is 17.5 Å². The topological polar surface area (TPSA) is 81.9 Å². The molecule has 3 heterocycles. The van der Waals surface area contributed by atoms with Crippen molar-refractivity contribution in [2.45, 2.75) is 6.92 Å². The van der Waals surface area contributed by atoms with Gasteiger partial charge in [-0.1, -0.05) is 0 Å². The van der Waals surface area contributed by atoms with Crippen molar-refractivity contribution in [1.82, 2.24) is 19.7 Å². The van der Waals surface area contributed by atoms with E-state index < -0.39 is 0 Å². The van der Waals surface area contributed by atoms with Crippen molar-refractivity contribution in [3.05, 3.63) is 60.3 Å². The molecule has 23 heavy (non-hydrogen) atoms. The van der Waals surface area contributed by atoms with E-state index in [1.807, 2.05) is 0 Å². The third-order valence-corrected chi connectivity index (χ3v) is 3.18. The number of ether oxygens (including phenoxy) is 1. The normalized spacial score (nSPS) is 10.3. The van der Waals surface area contributed by atoms with Crippen LogP contribution < -0.4 is 10.1 Å². The molecule has 3 rings (SSSR count). The highest BCUT2D eigenvalue weighted by Crippen LogP contribution is 2.31. The summed E-state index contributed by atoms with van der Waals surface area (Å²) in [4.78, 5) is 20.3. The van der Waals surface area contributed by atoms with Gasteiger partial charge in [0.15, 0.2) is 0 Å². The summed E-state index contributed by atoms with van der Waals surface area (Å²) in [6, 6.07) is 6.95. The molecular weight excluding hydrogens is 294 g/mol. The Hall–Kier alpha value is -3.22. The number of rotatable bonds is 4. The first-order chi connectivity index (χ1) is 11.1. The maximum absolute atomic E-state index is 12.3. The van der Waals surface area contributed by atoms with E-state index in [4.69, 9.17) is 4.74 Å². The third-order valence-electron chi connectivity index (χ3n) is 3.18. The van der Waals surface area contributed by atoms with Crippen LogP contribution in [0.3, 0.4) is 0 Å². The Labute approximate surface area is 133 Å². The number of hydrogen-bond acceptors (Lipinski definition) is 5. The fourth-order valence-corrected chi connectivity index (χ4v) is 2.10. The van der Waals surface area contributed by atoms with Gasteiger partial charge in [-0.3, -0.25) is 14.8 Å². The van der Waals surface area contributed by atoms with E-state index >= 15 is 0 Å². The van der Waals surface area contributed by atoms with Crippen LogP contribution in [0.5, 0.6) is 11.6 Å². The maximum atomic E-state index is 12.3. The van der Waals surface area contributed by atoms with Crippen LogP contribution in [0.1, 0.15) is 16.1 Å². The number of pyridine rings is 2. The van der Waals surface area contributed by atoms with Crippen molar-refractivity contribution in [1.29, 1.82) is 0 Å². The molecule has 7 heteroatoms. The van der Waals surface area contributed by atoms with Crippen molar-refractivity contribution in [3.8, 4) is 11.6 Å². The van der Waals surface area contributed by atoms with Crippen LogP contribution in [-0.4, -0.2) is 25.7 Å². The van der Waals surface area contributed by atoms with Crippen LogP contribution in [0, 0.1) is 6.92 Å². The van der Waals surface area contributed by atoms with Gasteiger partial charge in [0.1, 0.15) is 11.4 Å². The summed E-state index contributed by atoms with van der Waals surface area (Å²) in [5.74, 6) is 0.727. The number of aromatic nitrogens is 4. The Morgan fingerprint density at radius 2 is 1.91 bits per heavy atom. The Morgan fingerprint density at radius 3 is 2.57 bits per heavy atom. The number of carbonyl (C=O) groups is 1. The lowest BCUT2D eigenvalue weighted by Crippen LogP contribution is -2.13. The summed E-state index contributed by atoms with van der Waals surface area (Å²) < 4.78 is 7.38. The smallest absolute Gasteiger partial charge is 0.257 e. The Bertz CT molecular complexity index is 815. The molecule has 0 aliphatic carbocycles. The number of nitrogens with zero attached hydrogens (tertiary/aromatic N) is 4. The molecule has 0 saturated carbocycles. The molecule has 7 nitrogen and oxygen atoms in total. The van der Waals surface area contributed by atoms with Crippen LogP contribution in [0.4, 0.5) is 5.69 Å². The molecular formula is C16H15N5O2. The van der Waals surface area contributed by atoms with E-state index in [1.165, 1.54) is 6.20 Å². The molecule has 0 radical (unpaired) electrons. The summed E-state index contributed by atoms with van der Waals surface area (Å²) >= 11 is 0. The van der Waals surface area contributed by atoms with Crippen LogP contribution >= 0.6 is 0 Å². The number of nitrogens with one attached hydrogen (secondary N) is 1. The molecule has 0 aromatic carbocycles. The van der Waals surface area contributed by atoms with Gasteiger partial charge in [-0.15, -0.1) is 0 Å². The zero-order chi connectivity index (χ0) is 16.2. The van der Waals surface area contributed by atoms with Crippen molar-refractivity contribution in [2.24, 2.45) is 7.05 Å². The first kappa shape index (κ1) is 14.7. The standard InChI is InChI=1S/C16H15N5O2/c1-11-14(19-15(22)12-5-3-7-17-9-12)16(21(2)20-11)23-13-6-4-8-18-10-13/h3-10H,1-2H3,(H,19,22). The van der Waals surface area contributed by atoms with E-state index in [-0.39, 0.29) is 5.91 Å². The summed E-state index contributed by atoms with van der Waals surface area (Å²) in [7, 11) is 1.75. The quantitative estimate of drug-likeness (QED) is 0.801. The zero-order valence-electron chi connectivity index (χ0n) is 12.7. The van der Waals surface area contributed by atoms with Gasteiger partial charge in [0, 0.05) is 25.6 Å². The van der Waals surface area contributed by atoms with Gasteiger partial charge in [-0.25, -0.2) is 4.68 Å². The van der Waals surface area contributed by atoms with Gasteiger partial charge in [0.2, 0.25) is 5.88 Å². The SMILES string of the molecule is Cc1nn(C)c(Oc2cccnc2)c1NC(=O)c1cccnc1. The number of anilines is 1. The predicted molar refractivity (Wildman–Crippen MR) is 84.4 cm³/mol. The fourth-order valence-electron chi connectivity index (χ4n) is 2.10. The minimum Gasteiger partial charge on any atom is -0.436 e. The number of amides is 1. The van der Waals surface area contributed by atoms with Gasteiger partial charge in [-0.05, 0) is 31.2 Å². The maximum Gasteiger partial charge on any atom is 0.257 e. The highest BCUT2D eigenvalue weighted by molar-refractivity contribution is 6.05. The number of hydrogen-bond donors (Lipinski definition) is 1. The second kappa shape index (κ2) is 6.27. The largest absolute Gasteiger partial charge is 0.436 e. The second-order valence-corrected chi connectivity index (χ2v) is 4.88. The molecule has 3 aromatic heterocycles. The molecule has 116 valence electrons.